The van der Waals surface area contributed by atoms with Crippen LogP contribution in [0.3, 0.4) is 0 Å². The van der Waals surface area contributed by atoms with Gasteiger partial charge in [0.25, 0.3) is 0 Å². The van der Waals surface area contributed by atoms with E-state index in [1.165, 1.54) is 0 Å². The quantitative estimate of drug-likeness (QED) is 0.702. The van der Waals surface area contributed by atoms with E-state index in [9.17, 15) is 4.79 Å². The van der Waals surface area contributed by atoms with Gasteiger partial charge in [0.2, 0.25) is 5.91 Å². The molecule has 0 radical (unpaired) electrons. The highest BCUT2D eigenvalue weighted by Gasteiger charge is 2.32. The van der Waals surface area contributed by atoms with E-state index in [2.05, 4.69) is 10.3 Å². The first-order valence-corrected chi connectivity index (χ1v) is 4.71. The number of nitrogens with zero attached hydrogens (tertiary/aromatic N) is 1. The van der Waals surface area contributed by atoms with Crippen molar-refractivity contribution in [2.45, 2.75) is 12.5 Å². The van der Waals surface area contributed by atoms with Gasteiger partial charge in [0.05, 0.1) is 5.92 Å². The smallest absolute Gasteiger partial charge is 0.222 e. The molecule has 14 heavy (non-hydrogen) atoms. The van der Waals surface area contributed by atoms with Crippen molar-refractivity contribution in [1.82, 2.24) is 10.3 Å². The third kappa shape index (κ3) is 1.61. The molecule has 2 rings (SSSR count). The number of primary amides is 1. The second-order valence-electron chi connectivity index (χ2n) is 3.52. The molecule has 1 amide bonds. The molecule has 0 aliphatic carbocycles. The number of aromatic nitrogens is 1. The van der Waals surface area contributed by atoms with Crippen LogP contribution in [0, 0.1) is 5.92 Å². The molecule has 4 nitrogen and oxygen atoms in total. The van der Waals surface area contributed by atoms with Crippen LogP contribution < -0.4 is 11.1 Å². The largest absolute Gasteiger partial charge is 0.369 e. The van der Waals surface area contributed by atoms with Gasteiger partial charge in [-0.25, -0.2) is 0 Å². The summed E-state index contributed by atoms with van der Waals surface area (Å²) in [5, 5.41) is 3.26. The second-order valence-corrected chi connectivity index (χ2v) is 3.52. The molecule has 1 aliphatic rings. The molecule has 1 saturated heterocycles. The van der Waals surface area contributed by atoms with E-state index >= 15 is 0 Å². The molecule has 0 spiro atoms. The average molecular weight is 191 g/mol. The lowest BCUT2D eigenvalue weighted by molar-refractivity contribution is -0.122. The van der Waals surface area contributed by atoms with E-state index in [-0.39, 0.29) is 17.9 Å². The fourth-order valence-electron chi connectivity index (χ4n) is 1.92. The summed E-state index contributed by atoms with van der Waals surface area (Å²) >= 11 is 0. The molecule has 0 saturated carbocycles. The van der Waals surface area contributed by atoms with Gasteiger partial charge >= 0.3 is 0 Å². The maximum Gasteiger partial charge on any atom is 0.222 e. The molecule has 2 heterocycles. The molecule has 0 bridgehead atoms. The van der Waals surface area contributed by atoms with Crippen molar-refractivity contribution >= 4 is 5.91 Å². The van der Waals surface area contributed by atoms with Crippen LogP contribution in [-0.2, 0) is 4.79 Å². The monoisotopic (exact) mass is 191 g/mol. The summed E-state index contributed by atoms with van der Waals surface area (Å²) in [6, 6.07) is 3.88. The normalized spacial score (nSPS) is 26.3. The molecule has 1 aromatic heterocycles. The zero-order valence-electron chi connectivity index (χ0n) is 7.81. The summed E-state index contributed by atoms with van der Waals surface area (Å²) in [5.41, 5.74) is 6.36. The Kier molecular flexibility index (Phi) is 2.45. The summed E-state index contributed by atoms with van der Waals surface area (Å²) in [7, 11) is 0. The van der Waals surface area contributed by atoms with E-state index in [1.54, 1.807) is 12.4 Å². The van der Waals surface area contributed by atoms with Crippen LogP contribution in [0.5, 0.6) is 0 Å². The van der Waals surface area contributed by atoms with Crippen LogP contribution in [-0.4, -0.2) is 17.4 Å². The van der Waals surface area contributed by atoms with Gasteiger partial charge in [-0.3, -0.25) is 9.78 Å². The summed E-state index contributed by atoms with van der Waals surface area (Å²) in [6.07, 6.45) is 4.31. The number of amides is 1. The van der Waals surface area contributed by atoms with Crippen LogP contribution in [0.15, 0.2) is 24.5 Å². The molecular weight excluding hydrogens is 178 g/mol. The number of hydrogen-bond acceptors (Lipinski definition) is 3. The third-order valence-electron chi connectivity index (χ3n) is 2.63. The van der Waals surface area contributed by atoms with E-state index in [0.717, 1.165) is 18.5 Å². The number of rotatable bonds is 2. The summed E-state index contributed by atoms with van der Waals surface area (Å²) in [6.45, 7) is 0.840. The number of hydrogen-bond donors (Lipinski definition) is 2. The van der Waals surface area contributed by atoms with Gasteiger partial charge in [-0.15, -0.1) is 0 Å². The van der Waals surface area contributed by atoms with Crippen molar-refractivity contribution in [3.63, 3.8) is 0 Å². The molecule has 2 atom stereocenters. The van der Waals surface area contributed by atoms with Gasteiger partial charge in [-0.1, -0.05) is 6.07 Å². The molecular formula is C10H13N3O. The molecule has 4 heteroatoms. The Balaban J connectivity index is 2.22. The Morgan fingerprint density at radius 1 is 1.64 bits per heavy atom. The fourth-order valence-corrected chi connectivity index (χ4v) is 1.92. The maximum absolute atomic E-state index is 11.1. The average Bonchev–Trinajstić information content (AvgIpc) is 2.67. The van der Waals surface area contributed by atoms with Crippen molar-refractivity contribution in [3.05, 3.63) is 30.1 Å². The highest BCUT2D eigenvalue weighted by molar-refractivity contribution is 5.78. The number of carbonyl (C=O) groups excluding carboxylic acids is 1. The second kappa shape index (κ2) is 3.75. The third-order valence-corrected chi connectivity index (χ3v) is 2.63. The lowest BCUT2D eigenvalue weighted by Gasteiger charge is -2.16. The standard InChI is InChI=1S/C10H13N3O/c11-10(14)8-3-5-13-9(8)7-2-1-4-12-6-7/h1-2,4,6,8-9,13H,3,5H2,(H2,11,14). The van der Waals surface area contributed by atoms with Crippen LogP contribution in [0.4, 0.5) is 0 Å². The minimum absolute atomic E-state index is 0.0428. The molecule has 74 valence electrons. The Hall–Kier alpha value is -1.42. The maximum atomic E-state index is 11.1. The van der Waals surface area contributed by atoms with Crippen molar-refractivity contribution in [3.8, 4) is 0 Å². The molecule has 0 aromatic carbocycles. The van der Waals surface area contributed by atoms with E-state index in [1.807, 2.05) is 12.1 Å². The number of nitrogens with two attached hydrogens (primary N) is 1. The topological polar surface area (TPSA) is 68.0 Å². The van der Waals surface area contributed by atoms with Crippen molar-refractivity contribution in [2.24, 2.45) is 11.7 Å². The number of carbonyl (C=O) groups is 1. The number of pyridine rings is 1. The Labute approximate surface area is 82.5 Å². The van der Waals surface area contributed by atoms with Crippen molar-refractivity contribution in [1.29, 1.82) is 0 Å². The zero-order valence-corrected chi connectivity index (χ0v) is 7.81. The molecule has 1 aromatic rings. The minimum Gasteiger partial charge on any atom is -0.369 e. The number of nitrogens with one attached hydrogen (secondary N) is 1. The van der Waals surface area contributed by atoms with Gasteiger partial charge in [0.1, 0.15) is 0 Å². The Morgan fingerprint density at radius 3 is 3.14 bits per heavy atom. The predicted molar refractivity (Wildman–Crippen MR) is 52.3 cm³/mol. The van der Waals surface area contributed by atoms with Gasteiger partial charge in [-0.05, 0) is 24.6 Å². The van der Waals surface area contributed by atoms with Crippen LogP contribution in [0.1, 0.15) is 18.0 Å². The van der Waals surface area contributed by atoms with Gasteiger partial charge in [0, 0.05) is 18.4 Å². The lowest BCUT2D eigenvalue weighted by Crippen LogP contribution is -2.28. The highest BCUT2D eigenvalue weighted by Crippen LogP contribution is 2.28. The minimum atomic E-state index is -0.233. The molecule has 2 unspecified atom stereocenters. The summed E-state index contributed by atoms with van der Waals surface area (Å²) in [5.74, 6) is -0.331. The Bertz CT molecular complexity index is 325. The van der Waals surface area contributed by atoms with Crippen LogP contribution >= 0.6 is 0 Å². The zero-order chi connectivity index (χ0) is 9.97. The molecule has 3 N–H and O–H groups in total. The van der Waals surface area contributed by atoms with Crippen molar-refractivity contribution in [2.75, 3.05) is 6.54 Å². The Morgan fingerprint density at radius 2 is 2.50 bits per heavy atom. The van der Waals surface area contributed by atoms with E-state index in [0.29, 0.717) is 0 Å². The van der Waals surface area contributed by atoms with Gasteiger partial charge in [-0.2, -0.15) is 0 Å². The first-order chi connectivity index (χ1) is 6.79. The molecule has 1 fully saturated rings. The summed E-state index contributed by atoms with van der Waals surface area (Å²) in [4.78, 5) is 15.2. The first-order valence-electron chi connectivity index (χ1n) is 4.71. The molecule has 1 aliphatic heterocycles. The van der Waals surface area contributed by atoms with E-state index < -0.39 is 0 Å². The highest BCUT2D eigenvalue weighted by atomic mass is 16.1. The summed E-state index contributed by atoms with van der Waals surface area (Å²) < 4.78 is 0. The van der Waals surface area contributed by atoms with Crippen molar-refractivity contribution < 1.29 is 4.79 Å². The van der Waals surface area contributed by atoms with Gasteiger partial charge < -0.3 is 11.1 Å². The van der Waals surface area contributed by atoms with Crippen LogP contribution in [0.2, 0.25) is 0 Å². The van der Waals surface area contributed by atoms with Gasteiger partial charge in [0.15, 0.2) is 0 Å². The lowest BCUT2D eigenvalue weighted by atomic mass is 9.95. The fraction of sp³-hybridized carbons (Fsp3) is 0.400. The predicted octanol–water partition coefficient (Wildman–Crippen LogP) is 0.217. The van der Waals surface area contributed by atoms with Crippen LogP contribution in [0.25, 0.3) is 0 Å². The first kappa shape index (κ1) is 9.15. The van der Waals surface area contributed by atoms with E-state index in [4.69, 9.17) is 5.73 Å². The SMILES string of the molecule is NC(=O)C1CCNC1c1cccnc1.